The summed E-state index contributed by atoms with van der Waals surface area (Å²) in [6.45, 7) is 1.88. The zero-order valence-corrected chi connectivity index (χ0v) is 10.5. The molecule has 3 aromatic rings. The minimum atomic E-state index is -0.343. The Labute approximate surface area is 113 Å². The van der Waals surface area contributed by atoms with Crippen LogP contribution in [0.2, 0.25) is 0 Å². The van der Waals surface area contributed by atoms with Crippen molar-refractivity contribution in [3.8, 4) is 11.5 Å². The van der Waals surface area contributed by atoms with Gasteiger partial charge < -0.3 is 9.73 Å². The van der Waals surface area contributed by atoms with E-state index in [9.17, 15) is 4.79 Å². The highest BCUT2D eigenvalue weighted by Gasteiger charge is 2.12. The Morgan fingerprint density at radius 2 is 2.30 bits per heavy atom. The molecule has 0 bridgehead atoms. The van der Waals surface area contributed by atoms with Crippen molar-refractivity contribution in [2.75, 3.05) is 5.32 Å². The number of amides is 1. The van der Waals surface area contributed by atoms with Crippen LogP contribution in [0.5, 0.6) is 0 Å². The summed E-state index contributed by atoms with van der Waals surface area (Å²) < 4.78 is 5.13. The summed E-state index contributed by atoms with van der Waals surface area (Å²) in [6.07, 6.45) is 2.61. The number of aromatic amines is 1. The van der Waals surface area contributed by atoms with E-state index in [2.05, 4.69) is 30.9 Å². The number of rotatable bonds is 3. The van der Waals surface area contributed by atoms with Crippen molar-refractivity contribution in [2.24, 2.45) is 0 Å². The maximum absolute atomic E-state index is 11.9. The Morgan fingerprint density at radius 3 is 3.00 bits per heavy atom. The first-order valence-corrected chi connectivity index (χ1v) is 5.78. The van der Waals surface area contributed by atoms with E-state index < -0.39 is 0 Å². The molecule has 0 atom stereocenters. The van der Waals surface area contributed by atoms with E-state index >= 15 is 0 Å². The van der Waals surface area contributed by atoms with Crippen molar-refractivity contribution in [3.05, 3.63) is 42.0 Å². The second-order valence-electron chi connectivity index (χ2n) is 4.08. The number of carbonyl (C=O) groups is 1. The van der Waals surface area contributed by atoms with Gasteiger partial charge in [0.2, 0.25) is 12.3 Å². The van der Waals surface area contributed by atoms with Crippen molar-refractivity contribution in [3.63, 3.8) is 0 Å². The van der Waals surface area contributed by atoms with Crippen LogP contribution in [-0.2, 0) is 0 Å². The molecule has 3 rings (SSSR count). The smallest absolute Gasteiger partial charge is 0.277 e. The molecule has 0 aliphatic heterocycles. The van der Waals surface area contributed by atoms with E-state index in [1.165, 1.54) is 12.6 Å². The van der Waals surface area contributed by atoms with Gasteiger partial charge in [-0.25, -0.2) is 0 Å². The lowest BCUT2D eigenvalue weighted by Crippen LogP contribution is -2.13. The van der Waals surface area contributed by atoms with Gasteiger partial charge in [-0.05, 0) is 24.6 Å². The molecule has 8 heteroatoms. The molecule has 0 aliphatic carbocycles. The predicted molar refractivity (Wildman–Crippen MR) is 68.8 cm³/mol. The number of nitrogens with one attached hydrogen (secondary N) is 2. The lowest BCUT2D eigenvalue weighted by Gasteiger charge is -2.08. The van der Waals surface area contributed by atoms with E-state index in [0.717, 1.165) is 11.1 Å². The number of anilines is 1. The monoisotopic (exact) mass is 270 g/mol. The quantitative estimate of drug-likeness (QED) is 0.744. The molecule has 2 aromatic heterocycles. The van der Waals surface area contributed by atoms with Crippen LogP contribution < -0.4 is 5.32 Å². The van der Waals surface area contributed by atoms with Crippen LogP contribution in [-0.4, -0.2) is 31.5 Å². The molecule has 1 aromatic carbocycles. The topological polar surface area (TPSA) is 110 Å². The van der Waals surface area contributed by atoms with Gasteiger partial charge in [-0.2, -0.15) is 15.4 Å². The van der Waals surface area contributed by atoms with Crippen molar-refractivity contribution < 1.29 is 9.21 Å². The third-order valence-electron chi connectivity index (χ3n) is 2.74. The highest BCUT2D eigenvalue weighted by Crippen LogP contribution is 2.24. The van der Waals surface area contributed by atoms with Crippen molar-refractivity contribution in [1.29, 1.82) is 0 Å². The fraction of sp³-hybridized carbons (Fsp3) is 0.0833. The number of H-pyrrole nitrogens is 1. The number of aryl methyl sites for hydroxylation is 1. The number of hydrogen-bond acceptors (Lipinski definition) is 6. The van der Waals surface area contributed by atoms with Gasteiger partial charge in [0.15, 0.2) is 5.69 Å². The Bertz CT molecular complexity index is 721. The highest BCUT2D eigenvalue weighted by atomic mass is 16.4. The minimum absolute atomic E-state index is 0.215. The maximum Gasteiger partial charge on any atom is 0.277 e. The standard InChI is InChI=1S/C12H10N6O2/c1-7-2-3-8(12-17-14-6-20-12)4-9(7)15-11(19)10-5-13-18-16-10/h2-6H,1H3,(H,15,19)(H,13,16,18). The lowest BCUT2D eigenvalue weighted by atomic mass is 10.1. The molecule has 100 valence electrons. The molecule has 0 aliphatic rings. The van der Waals surface area contributed by atoms with E-state index in [4.69, 9.17) is 4.42 Å². The maximum atomic E-state index is 11.9. The highest BCUT2D eigenvalue weighted by molar-refractivity contribution is 6.03. The second kappa shape index (κ2) is 4.92. The lowest BCUT2D eigenvalue weighted by molar-refractivity contribution is 0.102. The van der Waals surface area contributed by atoms with Gasteiger partial charge in [0.05, 0.1) is 6.20 Å². The largest absolute Gasteiger partial charge is 0.423 e. The Balaban J connectivity index is 1.89. The molecule has 2 N–H and O–H groups in total. The van der Waals surface area contributed by atoms with E-state index in [1.807, 2.05) is 19.1 Å². The first-order valence-electron chi connectivity index (χ1n) is 5.78. The zero-order valence-electron chi connectivity index (χ0n) is 10.5. The molecular formula is C12H10N6O2. The van der Waals surface area contributed by atoms with Gasteiger partial charge in [0.1, 0.15) is 0 Å². The van der Waals surface area contributed by atoms with Gasteiger partial charge in [-0.1, -0.05) is 6.07 Å². The molecule has 2 heterocycles. The molecule has 0 saturated heterocycles. The first-order chi connectivity index (χ1) is 9.74. The molecule has 0 unspecified atom stereocenters. The molecule has 0 spiro atoms. The Morgan fingerprint density at radius 1 is 1.40 bits per heavy atom. The summed E-state index contributed by atoms with van der Waals surface area (Å²) in [5.74, 6) is 0.0477. The van der Waals surface area contributed by atoms with Gasteiger partial charge in [0.25, 0.3) is 5.91 Å². The van der Waals surface area contributed by atoms with E-state index in [0.29, 0.717) is 11.6 Å². The average Bonchev–Trinajstić information content (AvgIpc) is 3.14. The third kappa shape index (κ3) is 2.26. The SMILES string of the molecule is Cc1ccc(-c2nnco2)cc1NC(=O)c1cn[nH]n1. The number of hydrogen-bond donors (Lipinski definition) is 2. The molecular weight excluding hydrogens is 260 g/mol. The molecule has 20 heavy (non-hydrogen) atoms. The van der Waals surface area contributed by atoms with E-state index in [1.54, 1.807) is 6.07 Å². The number of benzene rings is 1. The third-order valence-corrected chi connectivity index (χ3v) is 2.74. The number of carbonyl (C=O) groups excluding carboxylic acids is 1. The molecule has 0 radical (unpaired) electrons. The summed E-state index contributed by atoms with van der Waals surface area (Å²) in [7, 11) is 0. The molecule has 8 nitrogen and oxygen atoms in total. The summed E-state index contributed by atoms with van der Waals surface area (Å²) >= 11 is 0. The average molecular weight is 270 g/mol. The van der Waals surface area contributed by atoms with Crippen molar-refractivity contribution in [1.82, 2.24) is 25.6 Å². The fourth-order valence-corrected chi connectivity index (χ4v) is 1.69. The van der Waals surface area contributed by atoms with Gasteiger partial charge in [-0.15, -0.1) is 10.2 Å². The summed E-state index contributed by atoms with van der Waals surface area (Å²) in [5, 5.41) is 19.9. The van der Waals surface area contributed by atoms with Crippen LogP contribution in [0.15, 0.2) is 35.2 Å². The predicted octanol–water partition coefficient (Wildman–Crippen LogP) is 1.42. The van der Waals surface area contributed by atoms with Crippen molar-refractivity contribution in [2.45, 2.75) is 6.92 Å². The van der Waals surface area contributed by atoms with Crippen LogP contribution in [0.4, 0.5) is 5.69 Å². The van der Waals surface area contributed by atoms with Gasteiger partial charge in [0, 0.05) is 11.3 Å². The van der Waals surface area contributed by atoms with Gasteiger partial charge in [-0.3, -0.25) is 4.79 Å². The number of nitrogens with zero attached hydrogens (tertiary/aromatic N) is 4. The second-order valence-corrected chi connectivity index (χ2v) is 4.08. The summed E-state index contributed by atoms with van der Waals surface area (Å²) in [6, 6.07) is 5.47. The normalized spacial score (nSPS) is 10.4. The molecule has 1 amide bonds. The Kier molecular flexibility index (Phi) is 2.96. The van der Waals surface area contributed by atoms with Crippen LogP contribution in [0.25, 0.3) is 11.5 Å². The van der Waals surface area contributed by atoms with Crippen LogP contribution in [0, 0.1) is 6.92 Å². The van der Waals surface area contributed by atoms with Crippen molar-refractivity contribution >= 4 is 11.6 Å². The van der Waals surface area contributed by atoms with Gasteiger partial charge >= 0.3 is 0 Å². The minimum Gasteiger partial charge on any atom is -0.423 e. The Hall–Kier alpha value is -3.03. The van der Waals surface area contributed by atoms with E-state index in [-0.39, 0.29) is 11.6 Å². The fourth-order valence-electron chi connectivity index (χ4n) is 1.69. The van der Waals surface area contributed by atoms with Crippen LogP contribution in [0.1, 0.15) is 16.1 Å². The number of aromatic nitrogens is 5. The molecule has 0 fully saturated rings. The zero-order chi connectivity index (χ0) is 13.9. The summed E-state index contributed by atoms with van der Waals surface area (Å²) in [5.41, 5.74) is 2.50. The molecule has 0 saturated carbocycles. The van der Waals surface area contributed by atoms with Crippen LogP contribution >= 0.6 is 0 Å². The van der Waals surface area contributed by atoms with Crippen LogP contribution in [0.3, 0.4) is 0 Å². The first kappa shape index (κ1) is 12.0. The summed E-state index contributed by atoms with van der Waals surface area (Å²) in [4.78, 5) is 11.9.